The molecule has 5 rings (SSSR count). The maximum Gasteiger partial charge on any atom is 0.234 e. The molecule has 0 saturated carbocycles. The Labute approximate surface area is 226 Å². The van der Waals surface area contributed by atoms with Gasteiger partial charge in [-0.15, -0.1) is 10.2 Å². The first-order chi connectivity index (χ1) is 17.9. The highest BCUT2D eigenvalue weighted by Crippen LogP contribution is 2.47. The Kier molecular flexibility index (Phi) is 7.06. The number of thioether (sulfide) groups is 1. The minimum absolute atomic E-state index is 0.0408. The number of nitrogens with one attached hydrogen (secondary N) is 1. The molecule has 0 radical (unpaired) electrons. The molecule has 12 heteroatoms. The molecule has 1 aromatic carbocycles. The molecule has 0 spiro atoms. The van der Waals surface area contributed by atoms with Crippen LogP contribution in [0.25, 0.3) is 0 Å². The third-order valence-electron chi connectivity index (χ3n) is 6.02. The van der Waals surface area contributed by atoms with Gasteiger partial charge in [-0.1, -0.05) is 46.8 Å². The molecule has 0 fully saturated rings. The van der Waals surface area contributed by atoms with Crippen LogP contribution in [-0.2, 0) is 9.59 Å². The van der Waals surface area contributed by atoms with Gasteiger partial charge in [0.1, 0.15) is 17.3 Å². The van der Waals surface area contributed by atoms with Crippen LogP contribution in [-0.4, -0.2) is 27.6 Å². The van der Waals surface area contributed by atoms with E-state index in [4.69, 9.17) is 21.8 Å². The summed E-state index contributed by atoms with van der Waals surface area (Å²) < 4.78 is 6.37. The molecule has 2 aromatic heterocycles. The number of aryl methyl sites for hydroxylation is 1. The van der Waals surface area contributed by atoms with Gasteiger partial charge in [-0.05, 0) is 44.0 Å². The summed E-state index contributed by atoms with van der Waals surface area (Å²) in [4.78, 5) is 27.2. The summed E-state index contributed by atoms with van der Waals surface area (Å²) in [5, 5.41) is 22.2. The van der Waals surface area contributed by atoms with Crippen molar-refractivity contribution < 1.29 is 14.0 Å². The second-order valence-corrected chi connectivity index (χ2v) is 11.0. The lowest BCUT2D eigenvalue weighted by molar-refractivity contribution is -0.116. The Balaban J connectivity index is 1.42. The number of allylic oxidation sites excluding steroid dienone is 3. The molecule has 0 bridgehead atoms. The highest BCUT2D eigenvalue weighted by Gasteiger charge is 2.42. The van der Waals surface area contributed by atoms with Crippen LogP contribution in [0.5, 0.6) is 0 Å². The number of benzene rings is 1. The number of hydrogen-bond acceptors (Lipinski definition) is 10. The van der Waals surface area contributed by atoms with Crippen LogP contribution in [0.2, 0.25) is 5.02 Å². The Hall–Kier alpha value is -3.59. The molecule has 188 valence electrons. The fourth-order valence-electron chi connectivity index (χ4n) is 4.43. The first kappa shape index (κ1) is 25.1. The molecule has 37 heavy (non-hydrogen) atoms. The van der Waals surface area contributed by atoms with Crippen LogP contribution in [0.3, 0.4) is 0 Å². The predicted molar refractivity (Wildman–Crippen MR) is 142 cm³/mol. The van der Waals surface area contributed by atoms with E-state index < -0.39 is 5.92 Å². The molecule has 1 unspecified atom stereocenters. The molecule has 1 aliphatic heterocycles. The fraction of sp³-hybridized carbons (Fsp3) is 0.240. The number of nitrogens with two attached hydrogens (primary N) is 1. The quantitative estimate of drug-likeness (QED) is 0.398. The van der Waals surface area contributed by atoms with Crippen molar-refractivity contribution in [1.82, 2.24) is 10.2 Å². The summed E-state index contributed by atoms with van der Waals surface area (Å²) in [5.41, 5.74) is 8.51. The van der Waals surface area contributed by atoms with Crippen molar-refractivity contribution in [2.75, 3.05) is 16.0 Å². The maximum atomic E-state index is 13.1. The Bertz CT molecular complexity index is 1500. The van der Waals surface area contributed by atoms with Crippen LogP contribution in [0.1, 0.15) is 36.7 Å². The first-order valence-corrected chi connectivity index (χ1v) is 13.6. The van der Waals surface area contributed by atoms with Gasteiger partial charge in [0, 0.05) is 17.7 Å². The zero-order chi connectivity index (χ0) is 26.1. The predicted octanol–water partition coefficient (Wildman–Crippen LogP) is 5.13. The number of nitriles is 1. The number of furan rings is 1. The molecule has 3 aromatic rings. The molecular weight excluding hydrogens is 532 g/mol. The van der Waals surface area contributed by atoms with E-state index in [1.807, 2.05) is 6.92 Å². The average Bonchev–Trinajstić information content (AvgIpc) is 3.52. The third kappa shape index (κ3) is 4.87. The van der Waals surface area contributed by atoms with Crippen molar-refractivity contribution in [2.24, 2.45) is 5.73 Å². The number of anilines is 2. The van der Waals surface area contributed by atoms with Gasteiger partial charge in [-0.25, -0.2) is 0 Å². The summed E-state index contributed by atoms with van der Waals surface area (Å²) in [6.45, 7) is 1.81. The summed E-state index contributed by atoms with van der Waals surface area (Å²) in [7, 11) is 0. The number of halogens is 1. The number of hydrogen-bond donors (Lipinski definition) is 2. The Morgan fingerprint density at radius 1 is 1.32 bits per heavy atom. The monoisotopic (exact) mass is 552 g/mol. The fourth-order valence-corrected chi connectivity index (χ4v) is 6.29. The van der Waals surface area contributed by atoms with Gasteiger partial charge in [-0.2, -0.15) is 5.26 Å². The highest BCUT2D eigenvalue weighted by molar-refractivity contribution is 8.01. The maximum absolute atomic E-state index is 13.1. The van der Waals surface area contributed by atoms with E-state index in [0.29, 0.717) is 62.2 Å². The normalized spacial score (nSPS) is 17.6. The molecule has 1 amide bonds. The van der Waals surface area contributed by atoms with Gasteiger partial charge >= 0.3 is 0 Å². The van der Waals surface area contributed by atoms with E-state index in [0.717, 1.165) is 0 Å². The van der Waals surface area contributed by atoms with E-state index in [1.165, 1.54) is 23.1 Å². The van der Waals surface area contributed by atoms with Gasteiger partial charge < -0.3 is 15.5 Å². The minimum Gasteiger partial charge on any atom is -0.465 e. The molecule has 0 saturated heterocycles. The second-order valence-electron chi connectivity index (χ2n) is 8.43. The number of carbonyl (C=O) groups is 2. The summed E-state index contributed by atoms with van der Waals surface area (Å²) in [5.74, 6) is 0.549. The van der Waals surface area contributed by atoms with Crippen LogP contribution in [0.15, 0.2) is 67.8 Å². The van der Waals surface area contributed by atoms with E-state index in [2.05, 4.69) is 21.6 Å². The Morgan fingerprint density at radius 2 is 2.14 bits per heavy atom. The van der Waals surface area contributed by atoms with Crippen LogP contribution in [0, 0.1) is 18.3 Å². The lowest BCUT2D eigenvalue weighted by Gasteiger charge is -2.37. The second kappa shape index (κ2) is 10.4. The lowest BCUT2D eigenvalue weighted by Crippen LogP contribution is -2.38. The lowest BCUT2D eigenvalue weighted by atomic mass is 9.78. The van der Waals surface area contributed by atoms with E-state index in [-0.39, 0.29) is 28.8 Å². The van der Waals surface area contributed by atoms with Crippen LogP contribution in [0.4, 0.5) is 10.8 Å². The Morgan fingerprint density at radius 3 is 2.86 bits per heavy atom. The summed E-state index contributed by atoms with van der Waals surface area (Å²) in [6, 6.07) is 12.8. The number of amides is 1. The van der Waals surface area contributed by atoms with Crippen LogP contribution >= 0.6 is 34.7 Å². The van der Waals surface area contributed by atoms with E-state index in [1.54, 1.807) is 41.3 Å². The molecule has 3 N–H and O–H groups in total. The van der Waals surface area contributed by atoms with Crippen molar-refractivity contribution in [3.63, 3.8) is 0 Å². The number of nitrogens with zero attached hydrogens (tertiary/aromatic N) is 4. The van der Waals surface area contributed by atoms with Gasteiger partial charge in [0.15, 0.2) is 10.1 Å². The molecule has 1 atom stereocenters. The van der Waals surface area contributed by atoms with Crippen molar-refractivity contribution >= 4 is 57.2 Å². The van der Waals surface area contributed by atoms with E-state index >= 15 is 0 Å². The zero-order valence-corrected chi connectivity index (χ0v) is 22.0. The van der Waals surface area contributed by atoms with Crippen LogP contribution < -0.4 is 16.0 Å². The number of carbonyl (C=O) groups excluding carboxylic acids is 2. The SMILES string of the molecule is Cc1ccc(C2C(C#N)=C(N)N(c3nnc(SCC(=O)Nc4ccccc4Cl)s3)C3=C2C(=O)CCC3)o1. The molecule has 1 aliphatic carbocycles. The van der Waals surface area contributed by atoms with Gasteiger partial charge in [0.25, 0.3) is 0 Å². The van der Waals surface area contributed by atoms with Crippen molar-refractivity contribution in [3.8, 4) is 6.07 Å². The molecule has 2 aliphatic rings. The van der Waals surface area contributed by atoms with Gasteiger partial charge in [0.05, 0.1) is 34.0 Å². The van der Waals surface area contributed by atoms with Crippen molar-refractivity contribution in [3.05, 3.63) is 75.6 Å². The van der Waals surface area contributed by atoms with Crippen molar-refractivity contribution in [2.45, 2.75) is 36.4 Å². The average molecular weight is 553 g/mol. The summed E-state index contributed by atoms with van der Waals surface area (Å²) in [6.07, 6.45) is 1.65. The van der Waals surface area contributed by atoms with Crippen molar-refractivity contribution in [1.29, 1.82) is 5.26 Å². The third-order valence-corrected chi connectivity index (χ3v) is 8.39. The number of para-hydroxylation sites is 1. The minimum atomic E-state index is -0.659. The number of ketones is 1. The largest absolute Gasteiger partial charge is 0.465 e. The smallest absolute Gasteiger partial charge is 0.234 e. The van der Waals surface area contributed by atoms with Gasteiger partial charge in [-0.3, -0.25) is 14.5 Å². The number of Topliss-reactive ketones (excluding diaryl/α,β-unsaturated/α-hetero) is 1. The molecule has 9 nitrogen and oxygen atoms in total. The number of rotatable bonds is 6. The molecule has 3 heterocycles. The van der Waals surface area contributed by atoms with Gasteiger partial charge in [0.2, 0.25) is 11.0 Å². The molecular formula is C25H21ClN6O3S2. The summed E-state index contributed by atoms with van der Waals surface area (Å²) >= 11 is 8.56. The zero-order valence-electron chi connectivity index (χ0n) is 19.7. The topological polar surface area (TPSA) is 138 Å². The number of aromatic nitrogens is 2. The highest BCUT2D eigenvalue weighted by atomic mass is 35.5. The standard InChI is InChI=1S/C25H21ClN6O3S2/c1-13-9-10-19(35-13)21-14(11-27)23(28)32(17-7-4-8-18(33)22(17)21)24-30-31-25(37-24)36-12-20(34)29-16-6-3-2-5-15(16)26/h2-3,5-6,9-10,21H,4,7-8,12,28H2,1H3,(H,29,34). The van der Waals surface area contributed by atoms with E-state index in [9.17, 15) is 14.9 Å². The first-order valence-electron chi connectivity index (χ1n) is 11.4.